The minimum Gasteiger partial charge on any atom is -0.506 e. The van der Waals surface area contributed by atoms with Crippen molar-refractivity contribution in [3.8, 4) is 0 Å². The molecule has 2 aromatic carbocycles. The van der Waals surface area contributed by atoms with E-state index in [0.29, 0.717) is 59.7 Å². The van der Waals surface area contributed by atoms with Gasteiger partial charge in [0.15, 0.2) is 5.78 Å². The highest BCUT2D eigenvalue weighted by Crippen LogP contribution is 2.53. The molecule has 6 rings (SSSR count). The Labute approximate surface area is 423 Å². The van der Waals surface area contributed by atoms with E-state index in [9.17, 15) is 63.2 Å². The summed E-state index contributed by atoms with van der Waals surface area (Å²) in [7, 11) is -10.9. The molecule has 4 N–H and O–H groups in total. The van der Waals surface area contributed by atoms with Gasteiger partial charge in [0, 0.05) is 81.1 Å². The van der Waals surface area contributed by atoms with Gasteiger partial charge >= 0.3 is 5.97 Å². The maximum atomic E-state index is 14.5. The third kappa shape index (κ3) is 13.2. The summed E-state index contributed by atoms with van der Waals surface area (Å²) >= 11 is 0. The van der Waals surface area contributed by atoms with Crippen LogP contribution >= 0.6 is 0 Å². The van der Waals surface area contributed by atoms with Crippen LogP contribution in [0.2, 0.25) is 0 Å². The van der Waals surface area contributed by atoms with E-state index in [2.05, 4.69) is 0 Å². The molecule has 402 valence electrons. The summed E-state index contributed by atoms with van der Waals surface area (Å²) in [6.07, 6.45) is 2.52. The molecule has 0 saturated carbocycles. The number of anilines is 2. The third-order valence-corrected chi connectivity index (χ3v) is 15.8. The summed E-state index contributed by atoms with van der Waals surface area (Å²) in [5, 5.41) is 12.4. The van der Waals surface area contributed by atoms with Gasteiger partial charge in [-0.15, -0.1) is 5.06 Å². The molecule has 4 aliphatic rings. The smallest absolute Gasteiger partial charge is 0.333 e. The lowest BCUT2D eigenvalue weighted by atomic mass is 9.72. The van der Waals surface area contributed by atoms with Gasteiger partial charge in [-0.3, -0.25) is 28.0 Å². The molecule has 0 spiro atoms. The Kier molecular flexibility index (Phi) is 18.5. The topological polar surface area (TPSA) is 317 Å². The van der Waals surface area contributed by atoms with Gasteiger partial charge < -0.3 is 43.4 Å². The van der Waals surface area contributed by atoms with Gasteiger partial charge in [-0.05, 0) is 92.3 Å². The lowest BCUT2D eigenvalue weighted by Crippen LogP contribution is -2.44. The van der Waals surface area contributed by atoms with Crippen LogP contribution in [0.4, 0.5) is 11.4 Å². The zero-order valence-corrected chi connectivity index (χ0v) is 43.3. The lowest BCUT2D eigenvalue weighted by Gasteiger charge is -2.37. The van der Waals surface area contributed by atoms with Crippen molar-refractivity contribution < 1.29 is 91.7 Å². The Morgan fingerprint density at radius 3 is 1.85 bits per heavy atom. The summed E-state index contributed by atoms with van der Waals surface area (Å²) in [5.41, 5.74) is -0.729. The molecule has 2 aromatic rings. The second kappa shape index (κ2) is 23.6. The Morgan fingerprint density at radius 1 is 0.726 bits per heavy atom. The highest BCUT2D eigenvalue weighted by atomic mass is 32.2. The molecule has 0 bridgehead atoms. The largest absolute Gasteiger partial charge is 0.506 e. The Bertz CT molecular complexity index is 2870. The molecule has 0 radical (unpaired) electrons. The second-order valence-corrected chi connectivity index (χ2v) is 22.6. The molecule has 2 amide bonds. The number of fused-ring (bicyclic) bond motifs is 2. The number of ether oxygens (including phenoxy) is 5. The number of aliphatic hydroxyl groups is 1. The van der Waals surface area contributed by atoms with Crippen molar-refractivity contribution in [3.05, 3.63) is 82.3 Å². The minimum atomic E-state index is -4.75. The van der Waals surface area contributed by atoms with Gasteiger partial charge in [0.25, 0.3) is 42.2 Å². The van der Waals surface area contributed by atoms with Gasteiger partial charge in [-0.1, -0.05) is 6.92 Å². The number of benzene rings is 2. The third-order valence-electron chi connectivity index (χ3n) is 13.3. The number of rotatable bonds is 28. The van der Waals surface area contributed by atoms with Crippen molar-refractivity contribution in [1.29, 1.82) is 0 Å². The molecule has 3 atom stereocenters. The van der Waals surface area contributed by atoms with Crippen molar-refractivity contribution in [2.45, 2.75) is 85.5 Å². The van der Waals surface area contributed by atoms with Crippen LogP contribution in [0, 0.1) is 0 Å². The van der Waals surface area contributed by atoms with E-state index < -0.39 is 92.1 Å². The Morgan fingerprint density at radius 2 is 1.29 bits per heavy atom. The average molecular weight is 1080 g/mol. The fourth-order valence-electron chi connectivity index (χ4n) is 9.50. The molecule has 23 nitrogen and oxygen atoms in total. The fraction of sp³-hybridized carbons (Fsp3) is 0.532. The molecule has 3 heterocycles. The quantitative estimate of drug-likeness (QED) is 0.0411. The number of ketones is 1. The average Bonchev–Trinajstić information content (AvgIpc) is 3.85. The minimum absolute atomic E-state index is 0.00873. The molecule has 26 heteroatoms. The molecule has 3 unspecified atom stereocenters. The number of carbonyl (C=O) groups excluding carboxylic acids is 4. The molecular weight excluding hydrogens is 1020 g/mol. The zero-order valence-electron chi connectivity index (χ0n) is 40.8. The first kappa shape index (κ1) is 57.2. The van der Waals surface area contributed by atoms with Crippen molar-refractivity contribution in [2.75, 3.05) is 95.7 Å². The van der Waals surface area contributed by atoms with E-state index in [1.807, 2.05) is 0 Å². The van der Waals surface area contributed by atoms with Crippen LogP contribution in [-0.2, 0) is 88.9 Å². The summed E-state index contributed by atoms with van der Waals surface area (Å²) in [5.74, 6) is -3.96. The summed E-state index contributed by atoms with van der Waals surface area (Å²) in [6.45, 7) is 5.66. The second-order valence-electron chi connectivity index (χ2n) is 18.2. The van der Waals surface area contributed by atoms with E-state index in [1.165, 1.54) is 55.7 Å². The monoisotopic (exact) mass is 1080 g/mol. The van der Waals surface area contributed by atoms with Crippen LogP contribution in [0.3, 0.4) is 0 Å². The Balaban J connectivity index is 1.37. The number of hydroxylamine groups is 2. The molecule has 1 fully saturated rings. The van der Waals surface area contributed by atoms with Crippen molar-refractivity contribution in [3.63, 3.8) is 0 Å². The molecular formula is C47H61N3O20S3. The summed E-state index contributed by atoms with van der Waals surface area (Å²) < 4.78 is 131. The van der Waals surface area contributed by atoms with Crippen molar-refractivity contribution >= 4 is 65.3 Å². The first-order valence-corrected chi connectivity index (χ1v) is 27.8. The number of hydrogen-bond acceptors (Lipinski definition) is 19. The van der Waals surface area contributed by atoms with Gasteiger partial charge in [0.05, 0.1) is 79.0 Å². The highest BCUT2D eigenvalue weighted by molar-refractivity contribution is 7.86. The number of hydrogen-bond donors (Lipinski definition) is 4. The predicted octanol–water partition coefficient (Wildman–Crippen LogP) is 3.40. The number of carbonyl (C=O) groups is 4. The van der Waals surface area contributed by atoms with Crippen LogP contribution in [0.5, 0.6) is 0 Å². The maximum absolute atomic E-state index is 14.5. The normalized spacial score (nSPS) is 22.3. The van der Waals surface area contributed by atoms with Crippen molar-refractivity contribution in [1.82, 2.24) is 5.06 Å². The number of methoxy groups -OCH3 is 2. The summed E-state index contributed by atoms with van der Waals surface area (Å²) in [4.78, 5) is 59.3. The summed E-state index contributed by atoms with van der Waals surface area (Å²) in [6, 6.07) is 6.92. The standard InChI is InChI=1S/C47H61N3O20S3/c1-46(14-6-26-71(56,57)58)35-27-31(72(59,60)61)9-11-38(35)49(17-19-67-22-23-69-25-24-68-21-20-66-4)39(46)29-33-44(54)34(45(33)55)30-40-47(2,15-18-65-3)36-28-32(73(62,63)64)8-10-37(36)48(40)16-5-7-43(53)70-50-41(51)12-13-42(50)52/h8-11,27-30,39,54H,5-7,12-26H2,1-4H3,(H,56,57,58)(H,59,60,61)(H,62,63,64)/b33-29+,40-30+. The molecule has 3 aliphatic heterocycles. The van der Waals surface area contributed by atoms with E-state index in [1.54, 1.807) is 30.8 Å². The number of imide groups is 1. The van der Waals surface area contributed by atoms with E-state index in [4.69, 9.17) is 28.5 Å². The van der Waals surface area contributed by atoms with E-state index in [0.717, 1.165) is 0 Å². The van der Waals surface area contributed by atoms with Gasteiger partial charge in [0.2, 0.25) is 0 Å². The van der Waals surface area contributed by atoms with Crippen LogP contribution < -0.4 is 9.80 Å². The van der Waals surface area contributed by atoms with Crippen LogP contribution in [0.15, 0.2) is 80.9 Å². The number of Topliss-reactive ketones (excluding diaryl/α,β-unsaturated/α-hetero) is 1. The van der Waals surface area contributed by atoms with Crippen LogP contribution in [0.1, 0.15) is 69.9 Å². The van der Waals surface area contributed by atoms with Gasteiger partial charge in [-0.2, -0.15) is 25.3 Å². The molecule has 73 heavy (non-hydrogen) atoms. The molecule has 1 saturated heterocycles. The number of aliphatic hydroxyl groups excluding tert-OH is 1. The van der Waals surface area contributed by atoms with E-state index in [-0.39, 0.29) is 95.6 Å². The van der Waals surface area contributed by atoms with Crippen LogP contribution in [0.25, 0.3) is 0 Å². The first-order chi connectivity index (χ1) is 34.4. The fourth-order valence-corrected chi connectivity index (χ4v) is 11.0. The lowest BCUT2D eigenvalue weighted by molar-refractivity contribution is -0.197. The van der Waals surface area contributed by atoms with E-state index >= 15 is 0 Å². The predicted molar refractivity (Wildman–Crippen MR) is 259 cm³/mol. The van der Waals surface area contributed by atoms with Crippen molar-refractivity contribution in [2.24, 2.45) is 0 Å². The number of allylic oxidation sites excluding steroid dienone is 4. The SMILES string of the molecule is COCCOCCOCCOCCN1c2ccc(S(=O)(=O)O)cc2C(C)(CCCS(=O)(=O)O)C1/C=C1/C(=O)C(/C=C2/N(CCCC(=O)ON3C(=O)CCC3=O)c3ccc(S(=O)(=O)O)cc3C2(C)CCOC)=C1O. The molecule has 1 aliphatic carbocycles. The number of nitrogens with zero attached hydrogens (tertiary/aromatic N) is 3. The Hall–Kier alpha value is -5.13. The number of amides is 2. The maximum Gasteiger partial charge on any atom is 0.333 e. The highest BCUT2D eigenvalue weighted by Gasteiger charge is 2.50. The van der Waals surface area contributed by atoms with Gasteiger partial charge in [-0.25, -0.2) is 4.79 Å². The molecule has 0 aromatic heterocycles. The van der Waals surface area contributed by atoms with Gasteiger partial charge in [0.1, 0.15) is 5.76 Å². The van der Waals surface area contributed by atoms with Crippen LogP contribution in [-0.4, -0.2) is 165 Å². The zero-order chi connectivity index (χ0) is 53.5. The first-order valence-electron chi connectivity index (χ1n) is 23.3.